The number of hydrogen-bond donors (Lipinski definition) is 1. The fraction of sp³-hybridized carbons (Fsp3) is 0.292. The predicted octanol–water partition coefficient (Wildman–Crippen LogP) is 4.43. The van der Waals surface area contributed by atoms with E-state index in [4.69, 9.17) is 10.2 Å². The lowest BCUT2D eigenvalue weighted by molar-refractivity contribution is -0.130. The average molecular weight is 415 g/mol. The van der Waals surface area contributed by atoms with Gasteiger partial charge in [0.1, 0.15) is 5.76 Å². The lowest BCUT2D eigenvalue weighted by Crippen LogP contribution is -2.37. The maximum absolute atomic E-state index is 11.6. The van der Waals surface area contributed by atoms with Crippen molar-refractivity contribution < 1.29 is 9.21 Å². The molecule has 0 radical (unpaired) electrons. The van der Waals surface area contributed by atoms with Crippen molar-refractivity contribution in [3.05, 3.63) is 54.5 Å². The van der Waals surface area contributed by atoms with Crippen molar-refractivity contribution in [1.82, 2.24) is 19.7 Å². The van der Waals surface area contributed by atoms with Gasteiger partial charge in [-0.3, -0.25) is 9.48 Å². The maximum Gasteiger partial charge on any atom is 0.219 e. The van der Waals surface area contributed by atoms with E-state index >= 15 is 0 Å². The van der Waals surface area contributed by atoms with E-state index in [0.717, 1.165) is 59.3 Å². The van der Waals surface area contributed by atoms with Crippen LogP contribution in [-0.4, -0.2) is 38.7 Å². The zero-order valence-electron chi connectivity index (χ0n) is 17.7. The van der Waals surface area contributed by atoms with Gasteiger partial charge in [0, 0.05) is 54.5 Å². The van der Waals surface area contributed by atoms with E-state index in [1.54, 1.807) is 13.1 Å². The quantitative estimate of drug-likeness (QED) is 0.534. The van der Waals surface area contributed by atoms with Crippen LogP contribution in [0.4, 0.5) is 5.82 Å². The fourth-order valence-corrected chi connectivity index (χ4v) is 4.38. The second-order valence-electron chi connectivity index (χ2n) is 8.17. The Labute approximate surface area is 180 Å². The number of hydrogen-bond acceptors (Lipinski definition) is 5. The number of likely N-dealkylation sites (tertiary alicyclic amines) is 1. The molecule has 7 nitrogen and oxygen atoms in total. The molecule has 0 unspecified atom stereocenters. The number of piperidine rings is 1. The summed E-state index contributed by atoms with van der Waals surface area (Å²) in [6.07, 6.45) is 7.51. The van der Waals surface area contributed by atoms with Crippen molar-refractivity contribution in [2.45, 2.75) is 32.7 Å². The molecule has 1 aliphatic rings. The van der Waals surface area contributed by atoms with Gasteiger partial charge < -0.3 is 15.1 Å². The number of furan rings is 1. The third-order valence-corrected chi connectivity index (χ3v) is 6.19. The molecule has 4 heterocycles. The van der Waals surface area contributed by atoms with Gasteiger partial charge in [0.25, 0.3) is 0 Å². The molecule has 4 aromatic rings. The number of anilines is 1. The van der Waals surface area contributed by atoms with E-state index in [2.05, 4.69) is 29.3 Å². The second kappa shape index (κ2) is 7.58. The summed E-state index contributed by atoms with van der Waals surface area (Å²) in [6.45, 7) is 5.23. The number of rotatable bonds is 3. The first kappa shape index (κ1) is 19.4. The maximum atomic E-state index is 11.6. The van der Waals surface area contributed by atoms with Crippen molar-refractivity contribution in [2.24, 2.45) is 0 Å². The van der Waals surface area contributed by atoms with Gasteiger partial charge in [0.05, 0.1) is 12.2 Å². The molecular formula is C24H25N5O2. The number of nitrogens with zero attached hydrogens (tertiary/aromatic N) is 4. The number of amides is 1. The molecule has 1 aliphatic heterocycles. The van der Waals surface area contributed by atoms with Crippen LogP contribution in [0.2, 0.25) is 0 Å². The Morgan fingerprint density at radius 2 is 1.94 bits per heavy atom. The molecule has 0 bridgehead atoms. The van der Waals surface area contributed by atoms with Crippen LogP contribution in [0.1, 0.15) is 31.4 Å². The summed E-state index contributed by atoms with van der Waals surface area (Å²) in [4.78, 5) is 17.8. The normalized spacial score (nSPS) is 15.0. The van der Waals surface area contributed by atoms with E-state index in [9.17, 15) is 4.79 Å². The number of carbonyl (C=O) groups is 1. The highest BCUT2D eigenvalue weighted by molar-refractivity contribution is 6.00. The number of benzene rings is 1. The summed E-state index contributed by atoms with van der Waals surface area (Å²) >= 11 is 0. The van der Waals surface area contributed by atoms with Gasteiger partial charge in [0.2, 0.25) is 5.91 Å². The smallest absolute Gasteiger partial charge is 0.219 e. The minimum absolute atomic E-state index is 0.138. The van der Waals surface area contributed by atoms with E-state index in [-0.39, 0.29) is 11.9 Å². The molecule has 1 fully saturated rings. The topological polar surface area (TPSA) is 90.2 Å². The number of nitrogen functional groups attached to an aromatic ring is 1. The molecule has 2 N–H and O–H groups in total. The van der Waals surface area contributed by atoms with Crippen LogP contribution >= 0.6 is 0 Å². The van der Waals surface area contributed by atoms with Crippen LogP contribution in [0.5, 0.6) is 0 Å². The Morgan fingerprint density at radius 1 is 1.16 bits per heavy atom. The van der Waals surface area contributed by atoms with E-state index in [1.165, 1.54) is 0 Å². The predicted molar refractivity (Wildman–Crippen MR) is 120 cm³/mol. The number of fused-ring (bicyclic) bond motifs is 1. The molecule has 7 heteroatoms. The van der Waals surface area contributed by atoms with E-state index < -0.39 is 0 Å². The third-order valence-electron chi connectivity index (χ3n) is 6.19. The summed E-state index contributed by atoms with van der Waals surface area (Å²) < 4.78 is 8.14. The molecule has 1 saturated heterocycles. The number of pyridine rings is 1. The summed E-state index contributed by atoms with van der Waals surface area (Å²) in [7, 11) is 0. The Kier molecular flexibility index (Phi) is 4.73. The van der Waals surface area contributed by atoms with Gasteiger partial charge in [-0.2, -0.15) is 5.10 Å². The fourth-order valence-electron chi connectivity index (χ4n) is 4.38. The van der Waals surface area contributed by atoms with Crippen LogP contribution in [0.3, 0.4) is 0 Å². The summed E-state index contributed by atoms with van der Waals surface area (Å²) in [5.74, 6) is 1.29. The van der Waals surface area contributed by atoms with Gasteiger partial charge in [-0.05, 0) is 31.4 Å². The Hall–Kier alpha value is -3.61. The summed E-state index contributed by atoms with van der Waals surface area (Å²) in [5, 5.41) is 5.55. The Morgan fingerprint density at radius 3 is 2.68 bits per heavy atom. The molecule has 0 spiro atoms. The molecule has 0 atom stereocenters. The van der Waals surface area contributed by atoms with Crippen molar-refractivity contribution >= 4 is 22.7 Å². The van der Waals surface area contributed by atoms with Crippen LogP contribution in [0, 0.1) is 6.92 Å². The number of carbonyl (C=O) groups excluding carboxylic acids is 1. The number of nitrogens with two attached hydrogens (primary N) is 1. The SMILES string of the molecule is CC(=O)N1CCC(n2cc(-c3cnc(N)c4oc(-c5ccccc5C)cc34)cn2)CC1. The van der Waals surface area contributed by atoms with Crippen molar-refractivity contribution in [3.63, 3.8) is 0 Å². The van der Waals surface area contributed by atoms with Gasteiger partial charge in [-0.25, -0.2) is 4.98 Å². The van der Waals surface area contributed by atoms with Crippen LogP contribution in [-0.2, 0) is 4.79 Å². The van der Waals surface area contributed by atoms with Gasteiger partial charge in [0.15, 0.2) is 11.4 Å². The second-order valence-corrected chi connectivity index (χ2v) is 8.17. The summed E-state index contributed by atoms with van der Waals surface area (Å²) in [6, 6.07) is 10.4. The molecule has 0 aliphatic carbocycles. The highest BCUT2D eigenvalue weighted by Gasteiger charge is 2.23. The standard InChI is InChI=1S/C24H25N5O2/c1-15-5-3-4-6-19(15)22-11-20-21(13-26-24(25)23(20)31-22)17-12-27-29(14-17)18-7-9-28(10-8-18)16(2)30/h3-6,11-14,18H,7-10H2,1-2H3,(H2,25,26). The molecule has 1 aromatic carbocycles. The first-order valence-electron chi connectivity index (χ1n) is 10.6. The van der Waals surface area contributed by atoms with Crippen molar-refractivity contribution in [3.8, 4) is 22.5 Å². The first-order valence-corrected chi connectivity index (χ1v) is 10.6. The third kappa shape index (κ3) is 3.46. The molecule has 31 heavy (non-hydrogen) atoms. The lowest BCUT2D eigenvalue weighted by atomic mass is 10.0. The zero-order valence-corrected chi connectivity index (χ0v) is 17.7. The zero-order chi connectivity index (χ0) is 21.5. The van der Waals surface area contributed by atoms with Gasteiger partial charge in [-0.1, -0.05) is 24.3 Å². The number of aromatic nitrogens is 3. The molecule has 5 rings (SSSR count). The summed E-state index contributed by atoms with van der Waals surface area (Å²) in [5.41, 5.74) is 10.8. The van der Waals surface area contributed by atoms with Crippen LogP contribution in [0.15, 0.2) is 53.3 Å². The minimum Gasteiger partial charge on any atom is -0.452 e. The molecular weight excluding hydrogens is 390 g/mol. The number of aryl methyl sites for hydroxylation is 1. The van der Waals surface area contributed by atoms with Crippen LogP contribution < -0.4 is 5.73 Å². The Bertz CT molecular complexity index is 1260. The van der Waals surface area contributed by atoms with Crippen molar-refractivity contribution in [1.29, 1.82) is 0 Å². The monoisotopic (exact) mass is 415 g/mol. The molecule has 0 saturated carbocycles. The van der Waals surface area contributed by atoms with E-state index in [1.807, 2.05) is 40.0 Å². The molecule has 158 valence electrons. The largest absolute Gasteiger partial charge is 0.452 e. The highest BCUT2D eigenvalue weighted by Crippen LogP contribution is 2.37. The van der Waals surface area contributed by atoms with Crippen LogP contribution in [0.25, 0.3) is 33.4 Å². The molecule has 3 aromatic heterocycles. The van der Waals surface area contributed by atoms with Gasteiger partial charge in [-0.15, -0.1) is 0 Å². The first-order chi connectivity index (χ1) is 15.0. The average Bonchev–Trinajstić information content (AvgIpc) is 3.43. The van der Waals surface area contributed by atoms with Gasteiger partial charge >= 0.3 is 0 Å². The highest BCUT2D eigenvalue weighted by atomic mass is 16.3. The molecule has 1 amide bonds. The Balaban J connectivity index is 1.49. The minimum atomic E-state index is 0.138. The van der Waals surface area contributed by atoms with E-state index in [0.29, 0.717) is 11.4 Å². The van der Waals surface area contributed by atoms with Crippen molar-refractivity contribution in [2.75, 3.05) is 18.8 Å². The lowest BCUT2D eigenvalue weighted by Gasteiger charge is -2.31.